The summed E-state index contributed by atoms with van der Waals surface area (Å²) in [6.45, 7) is 4.52. The van der Waals surface area contributed by atoms with E-state index in [4.69, 9.17) is 4.74 Å². The summed E-state index contributed by atoms with van der Waals surface area (Å²) < 4.78 is 20.0. The van der Waals surface area contributed by atoms with Gasteiger partial charge in [-0.3, -0.25) is 14.2 Å². The smallest absolute Gasteiger partial charge is 0.357 e. The fourth-order valence-electron chi connectivity index (χ4n) is 3.25. The summed E-state index contributed by atoms with van der Waals surface area (Å²) in [5.41, 5.74) is 1.65. The zero-order valence-corrected chi connectivity index (χ0v) is 19.9. The van der Waals surface area contributed by atoms with Crippen LogP contribution >= 0.6 is 11.8 Å². The van der Waals surface area contributed by atoms with Crippen molar-refractivity contribution >= 4 is 35.2 Å². The van der Waals surface area contributed by atoms with Gasteiger partial charge in [0.2, 0.25) is 0 Å². The van der Waals surface area contributed by atoms with Crippen LogP contribution < -0.4 is 5.32 Å². The van der Waals surface area contributed by atoms with Crippen LogP contribution in [0.3, 0.4) is 0 Å². The van der Waals surface area contributed by atoms with Gasteiger partial charge >= 0.3 is 5.97 Å². The minimum absolute atomic E-state index is 0.0841. The number of carbonyl (C=O) groups excluding carboxylic acids is 3. The Bertz CT molecular complexity index is 1160. The van der Waals surface area contributed by atoms with E-state index in [-0.39, 0.29) is 11.6 Å². The molecular weight excluding hydrogens is 459 g/mol. The second-order valence-corrected chi connectivity index (χ2v) is 7.89. The number of anilines is 1. The Balaban J connectivity index is 1.63. The predicted octanol–water partition coefficient (Wildman–Crippen LogP) is 4.01. The number of amides is 2. The van der Waals surface area contributed by atoms with Crippen molar-refractivity contribution in [2.75, 3.05) is 31.3 Å². The Morgan fingerprint density at radius 1 is 1.06 bits per heavy atom. The van der Waals surface area contributed by atoms with Crippen molar-refractivity contribution in [2.45, 2.75) is 19.0 Å². The second kappa shape index (κ2) is 11.5. The van der Waals surface area contributed by atoms with Crippen molar-refractivity contribution in [2.24, 2.45) is 0 Å². The quantitative estimate of drug-likeness (QED) is 0.364. The first-order chi connectivity index (χ1) is 16.4. The van der Waals surface area contributed by atoms with Crippen LogP contribution in [0, 0.1) is 5.82 Å². The first kappa shape index (κ1) is 25.0. The van der Waals surface area contributed by atoms with Gasteiger partial charge in [0.1, 0.15) is 5.82 Å². The zero-order valence-electron chi connectivity index (χ0n) is 19.1. The molecule has 3 aromatic rings. The molecule has 1 N–H and O–H groups in total. The van der Waals surface area contributed by atoms with E-state index in [1.807, 2.05) is 13.8 Å². The highest BCUT2D eigenvalue weighted by Crippen LogP contribution is 2.22. The fraction of sp³-hybridized carbons (Fsp3) is 0.250. The predicted molar refractivity (Wildman–Crippen MR) is 128 cm³/mol. The molecule has 0 unspecified atom stereocenters. The normalized spacial score (nSPS) is 10.6. The molecule has 0 saturated carbocycles. The highest BCUT2D eigenvalue weighted by atomic mass is 32.2. The first-order valence-corrected chi connectivity index (χ1v) is 11.8. The standard InChI is InChI=1S/C24H25FN4O4S/c1-4-28(5-2)22(31)16-6-10-18(11-7-16)27-21(30)15-33-23(32)20-14-26-24(34-3)29(20)19-12-8-17(25)9-13-19/h6-14H,4-5,15H2,1-3H3,(H,27,30). The molecular formula is C24H25FN4O4S. The fourth-order valence-corrected chi connectivity index (χ4v) is 3.80. The Kier molecular flexibility index (Phi) is 8.42. The maximum Gasteiger partial charge on any atom is 0.357 e. The number of hydrogen-bond donors (Lipinski definition) is 1. The van der Waals surface area contributed by atoms with Crippen molar-refractivity contribution in [3.8, 4) is 5.69 Å². The van der Waals surface area contributed by atoms with Gasteiger partial charge < -0.3 is 15.0 Å². The lowest BCUT2D eigenvalue weighted by Crippen LogP contribution is -2.30. The highest BCUT2D eigenvalue weighted by molar-refractivity contribution is 7.98. The van der Waals surface area contributed by atoms with Gasteiger partial charge in [-0.2, -0.15) is 0 Å². The SMILES string of the molecule is CCN(CC)C(=O)c1ccc(NC(=O)COC(=O)c2cnc(SC)n2-c2ccc(F)cc2)cc1. The molecule has 0 aliphatic carbocycles. The van der Waals surface area contributed by atoms with Crippen molar-refractivity contribution in [1.82, 2.24) is 14.5 Å². The third-order valence-corrected chi connectivity index (χ3v) is 5.66. The number of nitrogens with zero attached hydrogens (tertiary/aromatic N) is 3. The first-order valence-electron chi connectivity index (χ1n) is 10.6. The maximum absolute atomic E-state index is 13.3. The summed E-state index contributed by atoms with van der Waals surface area (Å²) in [5, 5.41) is 3.15. The van der Waals surface area contributed by atoms with Crippen LogP contribution in [0.1, 0.15) is 34.7 Å². The zero-order chi connectivity index (χ0) is 24.7. The Hall–Kier alpha value is -3.66. The Labute approximate surface area is 201 Å². The van der Waals surface area contributed by atoms with Crippen LogP contribution in [0.5, 0.6) is 0 Å². The Morgan fingerprint density at radius 2 is 1.71 bits per heavy atom. The van der Waals surface area contributed by atoms with Gasteiger partial charge in [-0.25, -0.2) is 14.2 Å². The summed E-state index contributed by atoms with van der Waals surface area (Å²) in [6.07, 6.45) is 3.15. The third-order valence-electron chi connectivity index (χ3n) is 5.01. The van der Waals surface area contributed by atoms with Gasteiger partial charge in [-0.05, 0) is 68.6 Å². The lowest BCUT2D eigenvalue weighted by atomic mass is 10.2. The second-order valence-electron chi connectivity index (χ2n) is 7.12. The number of imidazole rings is 1. The number of hydrogen-bond acceptors (Lipinski definition) is 6. The molecule has 1 heterocycles. The molecule has 2 amide bonds. The van der Waals surface area contributed by atoms with E-state index in [1.54, 1.807) is 35.4 Å². The van der Waals surface area contributed by atoms with Gasteiger partial charge in [-0.15, -0.1) is 0 Å². The van der Waals surface area contributed by atoms with Crippen molar-refractivity contribution < 1.29 is 23.5 Å². The van der Waals surface area contributed by atoms with Crippen LogP contribution in [-0.4, -0.2) is 58.2 Å². The maximum atomic E-state index is 13.3. The lowest BCUT2D eigenvalue weighted by molar-refractivity contribution is -0.119. The number of halogens is 1. The molecule has 0 aliphatic rings. The molecule has 10 heteroatoms. The molecule has 0 aliphatic heterocycles. The van der Waals surface area contributed by atoms with E-state index in [0.29, 0.717) is 35.2 Å². The molecule has 8 nitrogen and oxygen atoms in total. The molecule has 0 saturated heterocycles. The number of esters is 1. The van der Waals surface area contributed by atoms with Gasteiger partial charge in [0.15, 0.2) is 17.5 Å². The van der Waals surface area contributed by atoms with Gasteiger partial charge in [-0.1, -0.05) is 11.8 Å². The van der Waals surface area contributed by atoms with Crippen LogP contribution in [-0.2, 0) is 9.53 Å². The monoisotopic (exact) mass is 484 g/mol. The molecule has 1 aromatic heterocycles. The van der Waals surface area contributed by atoms with Crippen molar-refractivity contribution in [3.05, 3.63) is 71.8 Å². The van der Waals surface area contributed by atoms with E-state index >= 15 is 0 Å². The summed E-state index contributed by atoms with van der Waals surface area (Å²) in [5.74, 6) is -1.76. The lowest BCUT2D eigenvalue weighted by Gasteiger charge is -2.18. The number of nitrogens with one attached hydrogen (secondary N) is 1. The molecule has 0 atom stereocenters. The largest absolute Gasteiger partial charge is 0.451 e. The van der Waals surface area contributed by atoms with Crippen LogP contribution in [0.2, 0.25) is 0 Å². The van der Waals surface area contributed by atoms with Crippen molar-refractivity contribution in [3.63, 3.8) is 0 Å². The number of aromatic nitrogens is 2. The minimum atomic E-state index is -0.743. The highest BCUT2D eigenvalue weighted by Gasteiger charge is 2.20. The van der Waals surface area contributed by atoms with E-state index < -0.39 is 24.3 Å². The molecule has 0 spiro atoms. The molecule has 2 aromatic carbocycles. The molecule has 0 bridgehead atoms. The van der Waals surface area contributed by atoms with Crippen LogP contribution in [0.15, 0.2) is 59.9 Å². The Morgan fingerprint density at radius 3 is 2.29 bits per heavy atom. The van der Waals surface area contributed by atoms with E-state index in [2.05, 4.69) is 10.3 Å². The average Bonchev–Trinajstić information content (AvgIpc) is 3.28. The molecule has 3 rings (SSSR count). The van der Waals surface area contributed by atoms with Gasteiger partial charge in [0.05, 0.1) is 6.20 Å². The summed E-state index contributed by atoms with van der Waals surface area (Å²) in [4.78, 5) is 43.2. The molecule has 0 radical (unpaired) electrons. The number of benzene rings is 2. The topological polar surface area (TPSA) is 93.5 Å². The number of carbonyl (C=O) groups is 3. The molecule has 34 heavy (non-hydrogen) atoms. The third kappa shape index (κ3) is 5.82. The number of thioether (sulfide) groups is 1. The molecule has 178 valence electrons. The van der Waals surface area contributed by atoms with E-state index in [1.165, 1.54) is 46.8 Å². The van der Waals surface area contributed by atoms with Gasteiger partial charge in [0, 0.05) is 30.0 Å². The summed E-state index contributed by atoms with van der Waals surface area (Å²) in [6, 6.07) is 12.1. The number of ether oxygens (including phenoxy) is 1. The van der Waals surface area contributed by atoms with Crippen LogP contribution in [0.25, 0.3) is 5.69 Å². The molecule has 0 fully saturated rings. The van der Waals surface area contributed by atoms with E-state index in [0.717, 1.165) is 0 Å². The van der Waals surface area contributed by atoms with Crippen LogP contribution in [0.4, 0.5) is 10.1 Å². The average molecular weight is 485 g/mol. The minimum Gasteiger partial charge on any atom is -0.451 e. The van der Waals surface area contributed by atoms with E-state index in [9.17, 15) is 18.8 Å². The number of rotatable bonds is 9. The summed E-state index contributed by atoms with van der Waals surface area (Å²) >= 11 is 1.31. The van der Waals surface area contributed by atoms with Gasteiger partial charge in [0.25, 0.3) is 11.8 Å². The van der Waals surface area contributed by atoms with Crippen molar-refractivity contribution in [1.29, 1.82) is 0 Å². The summed E-state index contributed by atoms with van der Waals surface area (Å²) in [7, 11) is 0.